The van der Waals surface area contributed by atoms with Crippen LogP contribution in [0.1, 0.15) is 36.0 Å². The highest BCUT2D eigenvalue weighted by atomic mass is 16.6. The predicted molar refractivity (Wildman–Crippen MR) is 88.9 cm³/mol. The Balaban J connectivity index is 1.67. The highest BCUT2D eigenvalue weighted by Gasteiger charge is 2.44. The molecule has 0 radical (unpaired) electrons. The van der Waals surface area contributed by atoms with Crippen molar-refractivity contribution in [2.75, 3.05) is 18.5 Å². The first-order valence-electron chi connectivity index (χ1n) is 8.25. The van der Waals surface area contributed by atoms with E-state index in [4.69, 9.17) is 9.47 Å². The van der Waals surface area contributed by atoms with E-state index in [1.165, 1.54) is 0 Å². The number of hydrogen-bond donors (Lipinski definition) is 2. The summed E-state index contributed by atoms with van der Waals surface area (Å²) in [4.78, 5) is 8.60. The van der Waals surface area contributed by atoms with E-state index < -0.39 is 0 Å². The van der Waals surface area contributed by atoms with Crippen LogP contribution in [0.2, 0.25) is 0 Å². The second-order valence-corrected chi connectivity index (χ2v) is 6.50. The first kappa shape index (κ1) is 15.4. The number of fused-ring (bicyclic) bond motifs is 1. The zero-order valence-electron chi connectivity index (χ0n) is 13.7. The van der Waals surface area contributed by atoms with Gasteiger partial charge in [0.05, 0.1) is 19.3 Å². The summed E-state index contributed by atoms with van der Waals surface area (Å²) >= 11 is 0. The second kappa shape index (κ2) is 6.03. The number of rotatable bonds is 3. The van der Waals surface area contributed by atoms with Crippen molar-refractivity contribution < 1.29 is 14.6 Å². The molecule has 0 amide bonds. The maximum absolute atomic E-state index is 9.33. The molecule has 1 saturated heterocycles. The van der Waals surface area contributed by atoms with Crippen LogP contribution in [0.3, 0.4) is 0 Å². The van der Waals surface area contributed by atoms with Gasteiger partial charge in [0.15, 0.2) is 5.82 Å². The van der Waals surface area contributed by atoms with Gasteiger partial charge in [-0.05, 0) is 13.0 Å². The number of benzene rings is 1. The number of para-hydroxylation sites is 1. The molecule has 24 heavy (non-hydrogen) atoms. The number of nitrogens with one attached hydrogen (secondary N) is 1. The predicted octanol–water partition coefficient (Wildman–Crippen LogP) is 2.37. The van der Waals surface area contributed by atoms with Crippen LogP contribution in [-0.4, -0.2) is 33.9 Å². The van der Waals surface area contributed by atoms with E-state index >= 15 is 0 Å². The van der Waals surface area contributed by atoms with E-state index in [1.807, 2.05) is 31.2 Å². The molecule has 2 atom stereocenters. The van der Waals surface area contributed by atoms with Crippen LogP contribution < -0.4 is 10.1 Å². The lowest BCUT2D eigenvalue weighted by Crippen LogP contribution is -2.43. The van der Waals surface area contributed by atoms with Crippen LogP contribution in [0.5, 0.6) is 5.75 Å². The van der Waals surface area contributed by atoms with E-state index in [0.29, 0.717) is 12.4 Å². The van der Waals surface area contributed by atoms with Crippen molar-refractivity contribution in [2.45, 2.75) is 38.0 Å². The van der Waals surface area contributed by atoms with Gasteiger partial charge in [-0.2, -0.15) is 0 Å². The molecule has 1 aromatic heterocycles. The summed E-state index contributed by atoms with van der Waals surface area (Å²) in [5.41, 5.74) is 1.68. The smallest absolute Gasteiger partial charge is 0.156 e. The van der Waals surface area contributed by atoms with Crippen LogP contribution in [0, 0.1) is 6.92 Å². The molecule has 2 unspecified atom stereocenters. The molecule has 1 fully saturated rings. The molecule has 1 spiro atoms. The van der Waals surface area contributed by atoms with Crippen molar-refractivity contribution in [2.24, 2.45) is 0 Å². The van der Waals surface area contributed by atoms with Crippen molar-refractivity contribution in [1.29, 1.82) is 0 Å². The summed E-state index contributed by atoms with van der Waals surface area (Å²) in [6, 6.07) is 10.1. The highest BCUT2D eigenvalue weighted by molar-refractivity contribution is 5.46. The van der Waals surface area contributed by atoms with Gasteiger partial charge in [0, 0.05) is 30.2 Å². The first-order chi connectivity index (χ1) is 11.7. The van der Waals surface area contributed by atoms with E-state index in [0.717, 1.165) is 42.3 Å². The lowest BCUT2D eigenvalue weighted by molar-refractivity contribution is 0.0257. The molecule has 2 aromatic rings. The van der Waals surface area contributed by atoms with E-state index in [2.05, 4.69) is 21.4 Å². The van der Waals surface area contributed by atoms with E-state index in [1.54, 1.807) is 0 Å². The SMILES string of the molecule is Cc1cc(NC2CC3(CCOC3)Oc3ccccc32)nc(CO)n1. The molecule has 0 aliphatic carbocycles. The van der Waals surface area contributed by atoms with Crippen molar-refractivity contribution in [1.82, 2.24) is 9.97 Å². The molecule has 126 valence electrons. The number of anilines is 1. The number of aryl methyl sites for hydroxylation is 1. The lowest BCUT2D eigenvalue weighted by atomic mass is 9.86. The standard InChI is InChI=1S/C18H21N3O3/c1-12-8-16(21-17(10-22)19-12)20-14-9-18(6-7-23-11-18)24-15-5-3-2-4-13(14)15/h2-5,8,14,22H,6-7,9-11H2,1H3,(H,19,20,21). The fourth-order valence-electron chi connectivity index (χ4n) is 3.53. The molecular formula is C18H21N3O3. The fourth-order valence-corrected chi connectivity index (χ4v) is 3.53. The van der Waals surface area contributed by atoms with Gasteiger partial charge in [-0.3, -0.25) is 0 Å². The summed E-state index contributed by atoms with van der Waals surface area (Å²) in [6.07, 6.45) is 1.71. The molecule has 0 bridgehead atoms. The second-order valence-electron chi connectivity index (χ2n) is 6.50. The number of nitrogens with zero attached hydrogens (tertiary/aromatic N) is 2. The maximum atomic E-state index is 9.33. The maximum Gasteiger partial charge on any atom is 0.156 e. The summed E-state index contributed by atoms with van der Waals surface area (Å²) in [7, 11) is 0. The molecule has 6 nitrogen and oxygen atoms in total. The average molecular weight is 327 g/mol. The lowest BCUT2D eigenvalue weighted by Gasteiger charge is -2.39. The Labute approximate surface area is 140 Å². The molecule has 0 saturated carbocycles. The molecule has 1 aromatic carbocycles. The number of hydrogen-bond acceptors (Lipinski definition) is 6. The Kier molecular flexibility index (Phi) is 3.86. The van der Waals surface area contributed by atoms with Gasteiger partial charge < -0.3 is 19.9 Å². The minimum Gasteiger partial charge on any atom is -0.484 e. The third kappa shape index (κ3) is 2.83. The molecule has 2 N–H and O–H groups in total. The monoisotopic (exact) mass is 327 g/mol. The topological polar surface area (TPSA) is 76.5 Å². The Morgan fingerprint density at radius 1 is 1.33 bits per heavy atom. The van der Waals surface area contributed by atoms with E-state index in [9.17, 15) is 5.11 Å². The van der Waals surface area contributed by atoms with Crippen molar-refractivity contribution in [3.8, 4) is 5.75 Å². The minimum atomic E-state index is -0.270. The Hall–Kier alpha value is -2.18. The Bertz CT molecular complexity index is 744. The highest BCUT2D eigenvalue weighted by Crippen LogP contribution is 2.44. The third-order valence-corrected chi connectivity index (χ3v) is 4.63. The summed E-state index contributed by atoms with van der Waals surface area (Å²) in [5, 5.41) is 12.8. The van der Waals surface area contributed by atoms with Crippen molar-refractivity contribution in [3.63, 3.8) is 0 Å². The van der Waals surface area contributed by atoms with Gasteiger partial charge in [0.25, 0.3) is 0 Å². The zero-order valence-corrected chi connectivity index (χ0v) is 13.7. The summed E-state index contributed by atoms with van der Waals surface area (Å²) in [6.45, 7) is 3.08. The van der Waals surface area contributed by atoms with Crippen LogP contribution >= 0.6 is 0 Å². The molecule has 2 aliphatic heterocycles. The van der Waals surface area contributed by atoms with Crippen molar-refractivity contribution in [3.05, 3.63) is 47.4 Å². The fraction of sp³-hybridized carbons (Fsp3) is 0.444. The van der Waals surface area contributed by atoms with Gasteiger partial charge in [0.1, 0.15) is 23.8 Å². The van der Waals surface area contributed by atoms with Gasteiger partial charge in [-0.25, -0.2) is 9.97 Å². The van der Waals surface area contributed by atoms with Crippen LogP contribution in [0.15, 0.2) is 30.3 Å². The number of ether oxygens (including phenoxy) is 2. The largest absolute Gasteiger partial charge is 0.484 e. The first-order valence-corrected chi connectivity index (χ1v) is 8.25. The minimum absolute atomic E-state index is 0.0810. The summed E-state index contributed by atoms with van der Waals surface area (Å²) in [5.74, 6) is 2.05. The van der Waals surface area contributed by atoms with Crippen LogP contribution in [-0.2, 0) is 11.3 Å². The van der Waals surface area contributed by atoms with Crippen LogP contribution in [0.4, 0.5) is 5.82 Å². The quantitative estimate of drug-likeness (QED) is 0.901. The Morgan fingerprint density at radius 3 is 3.00 bits per heavy atom. The van der Waals surface area contributed by atoms with Gasteiger partial charge in [0.2, 0.25) is 0 Å². The van der Waals surface area contributed by atoms with Crippen LogP contribution in [0.25, 0.3) is 0 Å². The van der Waals surface area contributed by atoms with Gasteiger partial charge >= 0.3 is 0 Å². The normalized spacial score (nSPS) is 25.3. The van der Waals surface area contributed by atoms with Gasteiger partial charge in [-0.1, -0.05) is 18.2 Å². The van der Waals surface area contributed by atoms with E-state index in [-0.39, 0.29) is 18.2 Å². The van der Waals surface area contributed by atoms with Crippen molar-refractivity contribution >= 4 is 5.82 Å². The zero-order chi connectivity index (χ0) is 16.6. The average Bonchev–Trinajstić information content (AvgIpc) is 3.01. The molecular weight excluding hydrogens is 306 g/mol. The summed E-state index contributed by atoms with van der Waals surface area (Å²) < 4.78 is 11.9. The molecule has 3 heterocycles. The number of aliphatic hydroxyl groups excluding tert-OH is 1. The molecule has 6 heteroatoms. The Morgan fingerprint density at radius 2 is 2.21 bits per heavy atom. The number of aromatic nitrogens is 2. The van der Waals surface area contributed by atoms with Gasteiger partial charge in [-0.15, -0.1) is 0 Å². The molecule has 4 rings (SSSR count). The third-order valence-electron chi connectivity index (χ3n) is 4.63. The number of aliphatic hydroxyl groups is 1. The molecule has 2 aliphatic rings.